The molecule has 2 saturated heterocycles. The highest BCUT2D eigenvalue weighted by Gasteiger charge is 2.45. The molecule has 1 N–H and O–H groups in total. The van der Waals surface area contributed by atoms with Crippen molar-refractivity contribution in [1.82, 2.24) is 10.2 Å². The van der Waals surface area contributed by atoms with Crippen molar-refractivity contribution in [3.63, 3.8) is 0 Å². The maximum absolute atomic E-state index is 12.8. The Labute approximate surface area is 150 Å². The van der Waals surface area contributed by atoms with Crippen molar-refractivity contribution >= 4 is 24.8 Å². The second-order valence-electron chi connectivity index (χ2n) is 7.15. The molecule has 2 heterocycles. The van der Waals surface area contributed by atoms with Crippen LogP contribution in [0, 0.1) is 11.8 Å². The summed E-state index contributed by atoms with van der Waals surface area (Å²) in [6, 6.07) is 0.736. The average Bonchev–Trinajstić information content (AvgIpc) is 2.47. The SMILES string of the molecule is Cl.Cl.FC1(F)CC(COCC2CCCN(C3CCNCC3)C2)C1. The third-order valence-electron chi connectivity index (χ3n) is 5.26. The molecular weight excluding hydrogens is 345 g/mol. The van der Waals surface area contributed by atoms with E-state index in [0.717, 1.165) is 32.3 Å². The van der Waals surface area contributed by atoms with Crippen molar-refractivity contribution in [2.75, 3.05) is 39.4 Å². The van der Waals surface area contributed by atoms with E-state index in [1.807, 2.05) is 0 Å². The predicted molar refractivity (Wildman–Crippen MR) is 93.2 cm³/mol. The van der Waals surface area contributed by atoms with Gasteiger partial charge in [-0.2, -0.15) is 0 Å². The summed E-state index contributed by atoms with van der Waals surface area (Å²) in [6.07, 6.45) is 5.04. The molecule has 3 aliphatic rings. The van der Waals surface area contributed by atoms with Crippen LogP contribution in [0.15, 0.2) is 0 Å². The Kier molecular flexibility index (Phi) is 9.02. The van der Waals surface area contributed by atoms with Gasteiger partial charge >= 0.3 is 0 Å². The minimum Gasteiger partial charge on any atom is -0.381 e. The summed E-state index contributed by atoms with van der Waals surface area (Å²) in [5, 5.41) is 3.42. The first-order chi connectivity index (χ1) is 10.1. The van der Waals surface area contributed by atoms with Gasteiger partial charge in [-0.3, -0.25) is 4.90 Å². The van der Waals surface area contributed by atoms with E-state index in [4.69, 9.17) is 4.74 Å². The van der Waals surface area contributed by atoms with Crippen LogP contribution in [0.1, 0.15) is 38.5 Å². The fourth-order valence-corrected chi connectivity index (χ4v) is 4.04. The highest BCUT2D eigenvalue weighted by Crippen LogP contribution is 2.42. The average molecular weight is 375 g/mol. The molecule has 3 nitrogen and oxygen atoms in total. The monoisotopic (exact) mass is 374 g/mol. The lowest BCUT2D eigenvalue weighted by Gasteiger charge is -2.40. The van der Waals surface area contributed by atoms with Crippen LogP contribution >= 0.6 is 24.8 Å². The van der Waals surface area contributed by atoms with Crippen molar-refractivity contribution in [1.29, 1.82) is 0 Å². The van der Waals surface area contributed by atoms with Gasteiger partial charge in [0.25, 0.3) is 0 Å². The van der Waals surface area contributed by atoms with Gasteiger partial charge < -0.3 is 10.1 Å². The number of piperidine rings is 2. The van der Waals surface area contributed by atoms with Gasteiger partial charge in [-0.1, -0.05) is 0 Å². The highest BCUT2D eigenvalue weighted by molar-refractivity contribution is 5.85. The van der Waals surface area contributed by atoms with Crippen LogP contribution in [0.25, 0.3) is 0 Å². The van der Waals surface area contributed by atoms with Crippen LogP contribution in [0.5, 0.6) is 0 Å². The lowest BCUT2D eigenvalue weighted by Crippen LogP contribution is -2.48. The molecule has 0 spiro atoms. The summed E-state index contributed by atoms with van der Waals surface area (Å²) in [5.41, 5.74) is 0. The van der Waals surface area contributed by atoms with E-state index < -0.39 is 5.92 Å². The Morgan fingerprint density at radius 1 is 1.00 bits per heavy atom. The number of halogens is 4. The zero-order valence-electron chi connectivity index (χ0n) is 13.6. The maximum Gasteiger partial charge on any atom is 0.248 e. The molecule has 1 aliphatic carbocycles. The van der Waals surface area contributed by atoms with Crippen molar-refractivity contribution in [2.45, 2.75) is 50.5 Å². The lowest BCUT2D eigenvalue weighted by atomic mass is 9.82. The van der Waals surface area contributed by atoms with E-state index in [1.165, 1.54) is 32.2 Å². The number of ether oxygens (including phenoxy) is 1. The second kappa shape index (κ2) is 9.71. The molecule has 7 heteroatoms. The summed E-state index contributed by atoms with van der Waals surface area (Å²) >= 11 is 0. The predicted octanol–water partition coefficient (Wildman–Crippen LogP) is 3.36. The third-order valence-corrected chi connectivity index (χ3v) is 5.26. The van der Waals surface area contributed by atoms with Gasteiger partial charge in [0, 0.05) is 32.0 Å². The Hall–Kier alpha value is 0.320. The molecule has 0 aromatic carbocycles. The van der Waals surface area contributed by atoms with Gasteiger partial charge in [0.1, 0.15) is 0 Å². The van der Waals surface area contributed by atoms with Crippen LogP contribution in [-0.2, 0) is 4.74 Å². The van der Waals surface area contributed by atoms with Crippen LogP contribution in [0.3, 0.4) is 0 Å². The summed E-state index contributed by atoms with van der Waals surface area (Å²) in [5.74, 6) is -1.73. The van der Waals surface area contributed by atoms with Crippen molar-refractivity contribution in [3.8, 4) is 0 Å². The van der Waals surface area contributed by atoms with Crippen LogP contribution < -0.4 is 5.32 Å². The minimum absolute atomic E-state index is 0. The zero-order chi connectivity index (χ0) is 14.7. The van der Waals surface area contributed by atoms with E-state index in [1.54, 1.807) is 0 Å². The minimum atomic E-state index is -2.41. The fraction of sp³-hybridized carbons (Fsp3) is 1.00. The van der Waals surface area contributed by atoms with Gasteiger partial charge in [0.15, 0.2) is 0 Å². The Morgan fingerprint density at radius 3 is 2.30 bits per heavy atom. The first kappa shape index (κ1) is 21.4. The molecule has 0 bridgehead atoms. The molecule has 2 aliphatic heterocycles. The molecule has 1 atom stereocenters. The smallest absolute Gasteiger partial charge is 0.248 e. The van der Waals surface area contributed by atoms with Crippen LogP contribution in [0.4, 0.5) is 8.78 Å². The number of likely N-dealkylation sites (tertiary alicyclic amines) is 1. The number of hydrogen-bond donors (Lipinski definition) is 1. The summed E-state index contributed by atoms with van der Waals surface area (Å²) in [6.45, 7) is 5.90. The van der Waals surface area contributed by atoms with Crippen molar-refractivity contribution < 1.29 is 13.5 Å². The molecular formula is C16H30Cl2F2N2O. The van der Waals surface area contributed by atoms with E-state index >= 15 is 0 Å². The zero-order valence-corrected chi connectivity index (χ0v) is 15.3. The summed E-state index contributed by atoms with van der Waals surface area (Å²) in [7, 11) is 0. The second-order valence-corrected chi connectivity index (χ2v) is 7.15. The van der Waals surface area contributed by atoms with Gasteiger partial charge in [-0.05, 0) is 57.2 Å². The van der Waals surface area contributed by atoms with E-state index in [2.05, 4.69) is 10.2 Å². The van der Waals surface area contributed by atoms with Gasteiger partial charge in [-0.15, -0.1) is 24.8 Å². The van der Waals surface area contributed by atoms with E-state index in [9.17, 15) is 8.78 Å². The molecule has 0 aromatic rings. The molecule has 0 aromatic heterocycles. The first-order valence-electron chi connectivity index (χ1n) is 8.53. The van der Waals surface area contributed by atoms with Gasteiger partial charge in [-0.25, -0.2) is 8.78 Å². The Bertz CT molecular complexity index is 336. The van der Waals surface area contributed by atoms with E-state index in [0.29, 0.717) is 12.5 Å². The number of nitrogens with one attached hydrogen (secondary N) is 1. The fourth-order valence-electron chi connectivity index (χ4n) is 4.04. The van der Waals surface area contributed by atoms with Crippen LogP contribution in [0.2, 0.25) is 0 Å². The lowest BCUT2D eigenvalue weighted by molar-refractivity contribution is -0.130. The molecule has 3 fully saturated rings. The van der Waals surface area contributed by atoms with Gasteiger partial charge in [0.05, 0.1) is 6.61 Å². The van der Waals surface area contributed by atoms with Crippen molar-refractivity contribution in [3.05, 3.63) is 0 Å². The summed E-state index contributed by atoms with van der Waals surface area (Å²) in [4.78, 5) is 2.63. The highest BCUT2D eigenvalue weighted by atomic mass is 35.5. The number of alkyl halides is 2. The number of rotatable bonds is 5. The molecule has 3 rings (SSSR count). The molecule has 1 unspecified atom stereocenters. The molecule has 138 valence electrons. The number of hydrogen-bond acceptors (Lipinski definition) is 3. The Morgan fingerprint density at radius 2 is 1.65 bits per heavy atom. The quantitative estimate of drug-likeness (QED) is 0.798. The number of nitrogens with zero attached hydrogens (tertiary/aromatic N) is 1. The third kappa shape index (κ3) is 6.28. The molecule has 0 radical (unpaired) electrons. The normalized spacial score (nSPS) is 29.2. The standard InChI is InChI=1S/C16H28F2N2O.2ClH/c17-16(18)8-14(9-16)12-21-11-13-2-1-7-20(10-13)15-3-5-19-6-4-15;;/h13-15,19H,1-12H2;2*1H. The molecule has 23 heavy (non-hydrogen) atoms. The van der Waals surface area contributed by atoms with Crippen molar-refractivity contribution in [2.24, 2.45) is 11.8 Å². The Balaban J connectivity index is 0.00000132. The van der Waals surface area contributed by atoms with Crippen LogP contribution in [-0.4, -0.2) is 56.3 Å². The molecule has 0 amide bonds. The topological polar surface area (TPSA) is 24.5 Å². The summed E-state index contributed by atoms with van der Waals surface area (Å²) < 4.78 is 31.3. The first-order valence-corrected chi connectivity index (χ1v) is 8.53. The largest absolute Gasteiger partial charge is 0.381 e. The molecule has 1 saturated carbocycles. The van der Waals surface area contributed by atoms with Gasteiger partial charge in [0.2, 0.25) is 5.92 Å². The maximum atomic E-state index is 12.8. The van der Waals surface area contributed by atoms with E-state index in [-0.39, 0.29) is 43.6 Å².